The Morgan fingerprint density at radius 1 is 0.151 bits per heavy atom. The Kier molecular flexibility index (Phi) is 13.9. The maximum atomic E-state index is 2.37. The topological polar surface area (TPSA) is 9.72 Å². The molecule has 0 N–H and O–H groups in total. The van der Waals surface area contributed by atoms with Gasteiger partial charge in [0.15, 0.2) is 0 Å². The van der Waals surface area contributed by atoms with E-state index in [2.05, 4.69) is 385 Å². The van der Waals surface area contributed by atoms with E-state index in [0.29, 0.717) is 0 Å². The summed E-state index contributed by atoms with van der Waals surface area (Å²) in [6.07, 6.45) is 0. The maximum absolute atomic E-state index is 2.37. The molecule has 0 radical (unpaired) electrons. The van der Waals surface area contributed by atoms with Crippen LogP contribution in [0.2, 0.25) is 0 Å². The van der Waals surface area contributed by atoms with Gasteiger partial charge < -0.3 is 14.7 Å². The van der Waals surface area contributed by atoms with Crippen LogP contribution < -0.4 is 14.7 Å². The quantitative estimate of drug-likeness (QED) is 0.113. The number of hydrogen-bond acceptors (Lipinski definition) is 3. The van der Waals surface area contributed by atoms with Gasteiger partial charge in [0.05, 0.1) is 5.69 Å². The van der Waals surface area contributed by atoms with Crippen molar-refractivity contribution in [2.75, 3.05) is 14.7 Å². The van der Waals surface area contributed by atoms with Crippen molar-refractivity contribution in [2.45, 2.75) is 0 Å². The first-order valence-electron chi connectivity index (χ1n) is 32.0. The fourth-order valence-electron chi connectivity index (χ4n) is 14.2. The Morgan fingerprint density at radius 3 is 0.903 bits per heavy atom. The molecule has 0 spiro atoms. The summed E-state index contributed by atoms with van der Waals surface area (Å²) in [6.45, 7) is 0. The molecule has 0 fully saturated rings. The van der Waals surface area contributed by atoms with Gasteiger partial charge in [-0.15, -0.1) is 0 Å². The molecule has 0 atom stereocenters. The normalized spacial score (nSPS) is 11.4. The molecule has 0 aliphatic carbocycles. The van der Waals surface area contributed by atoms with E-state index in [-0.39, 0.29) is 0 Å². The molecule has 0 heterocycles. The van der Waals surface area contributed by atoms with Crippen LogP contribution in [0.15, 0.2) is 370 Å². The van der Waals surface area contributed by atoms with E-state index in [1.807, 2.05) is 0 Å². The first-order valence-corrected chi connectivity index (χ1v) is 32.0. The Balaban J connectivity index is 0.000000161. The lowest BCUT2D eigenvalue weighted by molar-refractivity contribution is 1.28. The molecule has 0 aliphatic heterocycles. The summed E-state index contributed by atoms with van der Waals surface area (Å²) >= 11 is 0. The third-order valence-corrected chi connectivity index (χ3v) is 18.5. The molecule has 3 nitrogen and oxygen atoms in total. The van der Waals surface area contributed by atoms with Gasteiger partial charge in [-0.05, 0) is 206 Å². The minimum atomic E-state index is 1.11. The van der Waals surface area contributed by atoms with Crippen LogP contribution in [0.3, 0.4) is 0 Å². The minimum absolute atomic E-state index is 1.11. The van der Waals surface area contributed by atoms with Crippen LogP contribution in [0.4, 0.5) is 51.2 Å². The van der Waals surface area contributed by atoms with Crippen LogP contribution in [0.1, 0.15) is 0 Å². The van der Waals surface area contributed by atoms with Crippen LogP contribution in [-0.4, -0.2) is 0 Å². The average Bonchev–Trinajstić information content (AvgIpc) is 0.760. The van der Waals surface area contributed by atoms with Gasteiger partial charge in [0.25, 0.3) is 0 Å². The number of hydrogen-bond donors (Lipinski definition) is 0. The van der Waals surface area contributed by atoms with Gasteiger partial charge >= 0.3 is 0 Å². The third kappa shape index (κ3) is 10.2. The highest BCUT2D eigenvalue weighted by Gasteiger charge is 2.21. The second kappa shape index (κ2) is 23.6. The zero-order valence-electron chi connectivity index (χ0n) is 51.1. The Labute approximate surface area is 541 Å². The van der Waals surface area contributed by atoms with Crippen LogP contribution in [0.25, 0.3) is 109 Å². The number of benzene rings is 18. The van der Waals surface area contributed by atoms with E-state index in [9.17, 15) is 0 Å². The highest BCUT2D eigenvalue weighted by Crippen LogP contribution is 2.46. The summed E-state index contributed by atoms with van der Waals surface area (Å²) in [5.74, 6) is 0. The third-order valence-electron chi connectivity index (χ3n) is 18.5. The zero-order valence-corrected chi connectivity index (χ0v) is 51.1. The number of anilines is 9. The van der Waals surface area contributed by atoms with Crippen molar-refractivity contribution in [3.05, 3.63) is 370 Å². The zero-order chi connectivity index (χ0) is 61.6. The predicted molar refractivity (Wildman–Crippen MR) is 398 cm³/mol. The minimum Gasteiger partial charge on any atom is -0.310 e. The van der Waals surface area contributed by atoms with Crippen LogP contribution in [0, 0.1) is 0 Å². The van der Waals surface area contributed by atoms with Crippen molar-refractivity contribution < 1.29 is 0 Å². The molecule has 18 aromatic carbocycles. The predicted octanol–water partition coefficient (Wildman–Crippen LogP) is 25.7. The second-order valence-electron chi connectivity index (χ2n) is 24.0. The molecule has 436 valence electrons. The van der Waals surface area contributed by atoms with E-state index in [1.54, 1.807) is 0 Å². The molecule has 18 rings (SSSR count). The summed E-state index contributed by atoms with van der Waals surface area (Å²) in [6, 6.07) is 134. The maximum Gasteiger partial charge on any atom is 0.0540 e. The summed E-state index contributed by atoms with van der Waals surface area (Å²) in [5.41, 5.74) is 17.4. The standard InChI is InChI=1S/C56H36N2.C34H25N/c1-3-13-47(14-4-1)57(51-33-43-21-17-39-9-7-10-40-18-22-44(34-51)55(43)53(39)40)49-29-25-37(26-30-49)38-27-31-50(32-28-38)58(48-15-5-2-6-16-48)52-35-45-23-19-41-11-8-12-42-20-24-46(36-52)56(45)54(41)42;1-3-12-27(13-4-1)33-19-9-10-21-34(33)35(29-16-5-2-6-17-29)30-24-22-28(23-25-30)32-20-11-15-26-14-7-8-18-31(26)32/h1-36H;1-25H. The molecule has 0 saturated heterocycles. The highest BCUT2D eigenvalue weighted by atomic mass is 15.2. The van der Waals surface area contributed by atoms with Crippen molar-refractivity contribution in [1.82, 2.24) is 0 Å². The monoisotopic (exact) mass is 1180 g/mol. The Morgan fingerprint density at radius 2 is 0.441 bits per heavy atom. The fourth-order valence-corrected chi connectivity index (χ4v) is 14.2. The summed E-state index contributed by atoms with van der Waals surface area (Å²) in [5, 5.41) is 18.0. The lowest BCUT2D eigenvalue weighted by Crippen LogP contribution is -2.11. The summed E-state index contributed by atoms with van der Waals surface area (Å²) in [7, 11) is 0. The van der Waals surface area contributed by atoms with Gasteiger partial charge in [-0.3, -0.25) is 0 Å². The smallest absolute Gasteiger partial charge is 0.0540 e. The van der Waals surface area contributed by atoms with E-state index in [4.69, 9.17) is 0 Å². The van der Waals surface area contributed by atoms with Gasteiger partial charge in [-0.25, -0.2) is 0 Å². The van der Waals surface area contributed by atoms with Crippen molar-refractivity contribution in [3.8, 4) is 33.4 Å². The molecule has 0 bridgehead atoms. The molecule has 0 unspecified atom stereocenters. The molecule has 3 heteroatoms. The van der Waals surface area contributed by atoms with Crippen LogP contribution in [0.5, 0.6) is 0 Å². The molecule has 0 aromatic heterocycles. The number of para-hydroxylation sites is 4. The fraction of sp³-hybridized carbons (Fsp3) is 0. The van der Waals surface area contributed by atoms with E-state index >= 15 is 0 Å². The first-order chi connectivity index (χ1) is 46.1. The van der Waals surface area contributed by atoms with Crippen molar-refractivity contribution in [2.24, 2.45) is 0 Å². The highest BCUT2D eigenvalue weighted by molar-refractivity contribution is 6.25. The van der Waals surface area contributed by atoms with Gasteiger partial charge in [0.1, 0.15) is 0 Å². The Bertz CT molecular complexity index is 5290. The second-order valence-corrected chi connectivity index (χ2v) is 24.0. The SMILES string of the molecule is c1ccc(-c2ccccc2N(c2ccccc2)c2ccc(-c3cccc4ccccc34)cc2)cc1.c1ccc(N(c2ccc(-c3ccc(N(c4ccccc4)c4cc5ccc6cccc7ccc(c4)c5c67)cc3)cc2)c2cc3ccc4cccc5ccc(c2)c3c45)cc1. The van der Waals surface area contributed by atoms with E-state index < -0.39 is 0 Å². The van der Waals surface area contributed by atoms with E-state index in [0.717, 1.165) is 51.2 Å². The van der Waals surface area contributed by atoms with Gasteiger partial charge in [0, 0.05) is 51.1 Å². The van der Waals surface area contributed by atoms with Gasteiger partial charge in [-0.1, -0.05) is 267 Å². The van der Waals surface area contributed by atoms with Crippen molar-refractivity contribution in [1.29, 1.82) is 0 Å². The molecule has 93 heavy (non-hydrogen) atoms. The number of rotatable bonds is 12. The van der Waals surface area contributed by atoms with Gasteiger partial charge in [-0.2, -0.15) is 0 Å². The summed E-state index contributed by atoms with van der Waals surface area (Å²) < 4.78 is 0. The van der Waals surface area contributed by atoms with Crippen molar-refractivity contribution in [3.63, 3.8) is 0 Å². The molecule has 0 aliphatic rings. The molecule has 0 amide bonds. The van der Waals surface area contributed by atoms with E-state index in [1.165, 1.54) is 109 Å². The van der Waals surface area contributed by atoms with Crippen molar-refractivity contribution >= 4 is 127 Å². The number of nitrogens with zero attached hydrogens (tertiary/aromatic N) is 3. The molecular formula is C90H61N3. The largest absolute Gasteiger partial charge is 0.310 e. The lowest BCUT2D eigenvalue weighted by Gasteiger charge is -2.28. The first kappa shape index (κ1) is 54.8. The average molecular weight is 1180 g/mol. The Hall–Kier alpha value is -12.3. The van der Waals surface area contributed by atoms with Crippen LogP contribution >= 0.6 is 0 Å². The molecular weight excluding hydrogens is 1120 g/mol. The van der Waals surface area contributed by atoms with Gasteiger partial charge in [0.2, 0.25) is 0 Å². The lowest BCUT2D eigenvalue weighted by atomic mass is 9.93. The molecule has 0 saturated carbocycles. The number of fused-ring (bicyclic) bond motifs is 1. The summed E-state index contributed by atoms with van der Waals surface area (Å²) in [4.78, 5) is 7.08. The molecule has 18 aromatic rings. The van der Waals surface area contributed by atoms with Crippen LogP contribution in [-0.2, 0) is 0 Å².